The molecule has 20 heavy (non-hydrogen) atoms. The van der Waals surface area contributed by atoms with Crippen LogP contribution in [-0.2, 0) is 11.3 Å². The normalized spacial score (nSPS) is 11.2. The van der Waals surface area contributed by atoms with E-state index in [0.29, 0.717) is 26.8 Å². The molecular weight excluding hydrogens is 392 g/mol. The Labute approximate surface area is 134 Å². The number of nitrogens with zero attached hydrogens (tertiary/aromatic N) is 1. The van der Waals surface area contributed by atoms with E-state index < -0.39 is 0 Å². The van der Waals surface area contributed by atoms with E-state index in [9.17, 15) is 9.18 Å². The van der Waals surface area contributed by atoms with E-state index in [4.69, 9.17) is 12.2 Å². The molecule has 1 aromatic heterocycles. The van der Waals surface area contributed by atoms with Crippen molar-refractivity contribution in [3.8, 4) is 0 Å². The number of fused-ring (bicyclic) bond motifs is 1. The Morgan fingerprint density at radius 3 is 2.90 bits per heavy atom. The van der Waals surface area contributed by atoms with Crippen LogP contribution in [0.1, 0.15) is 20.3 Å². The fourth-order valence-corrected chi connectivity index (χ4v) is 2.75. The van der Waals surface area contributed by atoms with Crippen molar-refractivity contribution >= 4 is 51.7 Å². The van der Waals surface area contributed by atoms with E-state index in [-0.39, 0.29) is 17.8 Å². The molecular formula is C13H15FIN3OS. The van der Waals surface area contributed by atoms with Crippen molar-refractivity contribution in [2.45, 2.75) is 32.9 Å². The number of benzene rings is 1. The molecule has 0 fully saturated rings. The summed E-state index contributed by atoms with van der Waals surface area (Å²) in [5.74, 6) is -0.324. The van der Waals surface area contributed by atoms with E-state index in [0.717, 1.165) is 5.52 Å². The van der Waals surface area contributed by atoms with Gasteiger partial charge in [-0.3, -0.25) is 4.79 Å². The Bertz CT molecular complexity index is 707. The Balaban J connectivity index is 2.26. The van der Waals surface area contributed by atoms with Crippen LogP contribution in [0.5, 0.6) is 0 Å². The maximum absolute atomic E-state index is 13.7. The summed E-state index contributed by atoms with van der Waals surface area (Å²) in [5, 5.41) is 2.82. The predicted molar refractivity (Wildman–Crippen MR) is 87.7 cm³/mol. The summed E-state index contributed by atoms with van der Waals surface area (Å²) in [5.41, 5.74) is 1.47. The highest BCUT2D eigenvalue weighted by Crippen LogP contribution is 2.20. The first-order valence-corrected chi connectivity index (χ1v) is 7.74. The molecule has 2 aromatic rings. The van der Waals surface area contributed by atoms with Crippen LogP contribution in [0.3, 0.4) is 0 Å². The molecule has 0 aliphatic carbocycles. The van der Waals surface area contributed by atoms with E-state index in [1.807, 2.05) is 36.4 Å². The maximum Gasteiger partial charge on any atom is 0.221 e. The Hall–Kier alpha value is -0.960. The molecule has 0 aliphatic heterocycles. The highest BCUT2D eigenvalue weighted by atomic mass is 127. The highest BCUT2D eigenvalue weighted by Gasteiger charge is 2.10. The largest absolute Gasteiger partial charge is 0.354 e. The molecule has 4 nitrogen and oxygen atoms in total. The molecule has 0 saturated carbocycles. The molecule has 1 aromatic carbocycles. The monoisotopic (exact) mass is 407 g/mol. The second-order valence-electron chi connectivity index (χ2n) is 4.84. The lowest BCUT2D eigenvalue weighted by atomic mass is 10.3. The van der Waals surface area contributed by atoms with Crippen molar-refractivity contribution in [2.75, 3.05) is 0 Å². The van der Waals surface area contributed by atoms with Gasteiger partial charge in [0, 0.05) is 25.1 Å². The molecule has 1 heterocycles. The van der Waals surface area contributed by atoms with Crippen molar-refractivity contribution in [2.24, 2.45) is 0 Å². The minimum absolute atomic E-state index is 0.0396. The molecule has 2 N–H and O–H groups in total. The molecule has 0 bridgehead atoms. The SMILES string of the molecule is CC(C)NC(=O)CCn1c(=S)[nH]c2cc(I)c(F)cc21. The van der Waals surface area contributed by atoms with Gasteiger partial charge in [0.25, 0.3) is 0 Å². The average Bonchev–Trinajstić information content (AvgIpc) is 2.62. The zero-order valence-electron chi connectivity index (χ0n) is 11.2. The Morgan fingerprint density at radius 2 is 2.25 bits per heavy atom. The van der Waals surface area contributed by atoms with Crippen molar-refractivity contribution in [1.82, 2.24) is 14.9 Å². The summed E-state index contributed by atoms with van der Waals surface area (Å²) >= 11 is 7.17. The maximum atomic E-state index is 13.7. The standard InChI is InChI=1S/C13H15FIN3OS/c1-7(2)16-12(19)3-4-18-11-5-8(14)9(15)6-10(11)17-13(18)20/h5-7H,3-4H2,1-2H3,(H,16,19)(H,17,20). The number of aromatic nitrogens is 2. The number of hydrogen-bond acceptors (Lipinski definition) is 2. The van der Waals surface area contributed by atoms with Crippen LogP contribution >= 0.6 is 34.8 Å². The minimum Gasteiger partial charge on any atom is -0.354 e. The number of H-pyrrole nitrogens is 1. The summed E-state index contributed by atoms with van der Waals surface area (Å²) < 4.78 is 16.5. The van der Waals surface area contributed by atoms with Crippen LogP contribution in [0.4, 0.5) is 4.39 Å². The number of rotatable bonds is 4. The topological polar surface area (TPSA) is 49.8 Å². The summed E-state index contributed by atoms with van der Waals surface area (Å²) in [6, 6.07) is 3.27. The molecule has 2 rings (SSSR count). The van der Waals surface area contributed by atoms with Crippen molar-refractivity contribution in [3.63, 3.8) is 0 Å². The zero-order chi connectivity index (χ0) is 14.9. The van der Waals surface area contributed by atoms with E-state index in [1.54, 1.807) is 10.6 Å². The third kappa shape index (κ3) is 3.38. The highest BCUT2D eigenvalue weighted by molar-refractivity contribution is 14.1. The quantitative estimate of drug-likeness (QED) is 0.604. The first kappa shape index (κ1) is 15.4. The van der Waals surface area contributed by atoms with Gasteiger partial charge in [-0.25, -0.2) is 4.39 Å². The van der Waals surface area contributed by atoms with Crippen LogP contribution in [-0.4, -0.2) is 21.5 Å². The minimum atomic E-state index is -0.285. The van der Waals surface area contributed by atoms with E-state index in [1.165, 1.54) is 6.07 Å². The van der Waals surface area contributed by atoms with Gasteiger partial charge in [-0.2, -0.15) is 0 Å². The van der Waals surface area contributed by atoms with Gasteiger partial charge in [-0.05, 0) is 54.7 Å². The number of hydrogen-bond donors (Lipinski definition) is 2. The molecule has 0 spiro atoms. The van der Waals surface area contributed by atoms with Gasteiger partial charge in [0.05, 0.1) is 14.6 Å². The van der Waals surface area contributed by atoms with Crippen LogP contribution in [0, 0.1) is 14.2 Å². The second-order valence-corrected chi connectivity index (χ2v) is 6.39. The summed E-state index contributed by atoms with van der Waals surface area (Å²) in [6.45, 7) is 4.25. The van der Waals surface area contributed by atoms with Crippen LogP contribution in [0.2, 0.25) is 0 Å². The molecule has 0 atom stereocenters. The number of amides is 1. The van der Waals surface area contributed by atoms with Crippen LogP contribution < -0.4 is 5.32 Å². The number of carbonyl (C=O) groups is 1. The lowest BCUT2D eigenvalue weighted by Crippen LogP contribution is -2.30. The first-order valence-electron chi connectivity index (χ1n) is 6.25. The number of halogens is 2. The van der Waals surface area contributed by atoms with E-state index in [2.05, 4.69) is 10.3 Å². The Morgan fingerprint density at radius 1 is 1.55 bits per heavy atom. The van der Waals surface area contributed by atoms with Gasteiger partial charge in [0.15, 0.2) is 4.77 Å². The Kier molecular flexibility index (Phi) is 4.79. The number of nitrogens with one attached hydrogen (secondary N) is 2. The fourth-order valence-electron chi connectivity index (χ4n) is 1.98. The zero-order valence-corrected chi connectivity index (χ0v) is 14.1. The van der Waals surface area contributed by atoms with Gasteiger partial charge in [0.2, 0.25) is 5.91 Å². The first-order chi connectivity index (χ1) is 9.38. The van der Waals surface area contributed by atoms with E-state index >= 15 is 0 Å². The summed E-state index contributed by atoms with van der Waals surface area (Å²) in [4.78, 5) is 14.7. The number of aryl methyl sites for hydroxylation is 1. The molecule has 1 amide bonds. The second kappa shape index (κ2) is 6.21. The van der Waals surface area contributed by atoms with Crippen LogP contribution in [0.15, 0.2) is 12.1 Å². The number of imidazole rings is 1. The summed E-state index contributed by atoms with van der Waals surface area (Å²) in [6.07, 6.45) is 0.313. The molecule has 0 radical (unpaired) electrons. The third-order valence-corrected chi connectivity index (χ3v) is 3.98. The number of carbonyl (C=O) groups excluding carboxylic acids is 1. The number of aromatic amines is 1. The van der Waals surface area contributed by atoms with Gasteiger partial charge in [0.1, 0.15) is 5.82 Å². The van der Waals surface area contributed by atoms with Gasteiger partial charge in [-0.15, -0.1) is 0 Å². The molecule has 7 heteroatoms. The van der Waals surface area contributed by atoms with Crippen molar-refractivity contribution in [1.29, 1.82) is 0 Å². The predicted octanol–water partition coefficient (Wildman–Crippen LogP) is 3.36. The van der Waals surface area contributed by atoms with Crippen molar-refractivity contribution in [3.05, 3.63) is 26.3 Å². The summed E-state index contributed by atoms with van der Waals surface area (Å²) in [7, 11) is 0. The fraction of sp³-hybridized carbons (Fsp3) is 0.385. The molecule has 0 unspecified atom stereocenters. The van der Waals surface area contributed by atoms with Crippen molar-refractivity contribution < 1.29 is 9.18 Å². The molecule has 0 saturated heterocycles. The average molecular weight is 407 g/mol. The molecule has 0 aliphatic rings. The lowest BCUT2D eigenvalue weighted by molar-refractivity contribution is -0.121. The third-order valence-electron chi connectivity index (χ3n) is 2.83. The lowest BCUT2D eigenvalue weighted by Gasteiger charge is -2.09. The molecule has 108 valence electrons. The van der Waals surface area contributed by atoms with Gasteiger partial charge < -0.3 is 14.9 Å². The van der Waals surface area contributed by atoms with Gasteiger partial charge >= 0.3 is 0 Å². The van der Waals surface area contributed by atoms with Gasteiger partial charge in [-0.1, -0.05) is 0 Å². The smallest absolute Gasteiger partial charge is 0.221 e. The van der Waals surface area contributed by atoms with Crippen LogP contribution in [0.25, 0.3) is 11.0 Å².